The van der Waals surface area contributed by atoms with Crippen LogP contribution in [0.4, 0.5) is 0 Å². The number of aliphatic imine (C=N–C) groups is 1. The highest BCUT2D eigenvalue weighted by Crippen LogP contribution is 2.07. The van der Waals surface area contributed by atoms with Gasteiger partial charge in [-0.3, -0.25) is 4.79 Å². The van der Waals surface area contributed by atoms with Gasteiger partial charge in [0.1, 0.15) is 0 Å². The molecule has 1 aromatic carbocycles. The lowest BCUT2D eigenvalue weighted by Crippen LogP contribution is -2.38. The van der Waals surface area contributed by atoms with E-state index in [1.54, 1.807) is 11.8 Å². The van der Waals surface area contributed by atoms with Crippen molar-refractivity contribution in [2.24, 2.45) is 4.99 Å². The topological polar surface area (TPSA) is 65.5 Å². The number of thioether (sulfide) groups is 1. The molecule has 128 valence electrons. The number of guanidine groups is 1. The van der Waals surface area contributed by atoms with Gasteiger partial charge in [-0.05, 0) is 37.3 Å². The lowest BCUT2D eigenvalue weighted by molar-refractivity contribution is 0.0953. The predicted octanol–water partition coefficient (Wildman–Crippen LogP) is 2.24. The van der Waals surface area contributed by atoms with Crippen LogP contribution >= 0.6 is 11.8 Å². The Bertz CT molecular complexity index is 505. The second kappa shape index (κ2) is 11.8. The van der Waals surface area contributed by atoms with Crippen molar-refractivity contribution >= 4 is 23.6 Å². The first-order chi connectivity index (χ1) is 11.2. The number of carbonyl (C=O) groups excluding carboxylic acids is 1. The first-order valence-electron chi connectivity index (χ1n) is 8.09. The lowest BCUT2D eigenvalue weighted by atomic mass is 10.1. The second-order valence-corrected chi connectivity index (χ2v) is 6.06. The van der Waals surface area contributed by atoms with Gasteiger partial charge in [0, 0.05) is 31.0 Å². The lowest BCUT2D eigenvalue weighted by Gasteiger charge is -2.11. The molecule has 1 aromatic rings. The van der Waals surface area contributed by atoms with Crippen molar-refractivity contribution in [2.75, 3.05) is 31.6 Å². The summed E-state index contributed by atoms with van der Waals surface area (Å²) in [6.07, 6.45) is 3.02. The van der Waals surface area contributed by atoms with E-state index in [4.69, 9.17) is 0 Å². The Morgan fingerprint density at radius 3 is 2.70 bits per heavy atom. The highest BCUT2D eigenvalue weighted by atomic mass is 32.2. The number of benzene rings is 1. The maximum Gasteiger partial charge on any atom is 0.251 e. The minimum atomic E-state index is -0.0253. The van der Waals surface area contributed by atoms with Gasteiger partial charge in [0.2, 0.25) is 0 Å². The van der Waals surface area contributed by atoms with Crippen LogP contribution in [0.3, 0.4) is 0 Å². The van der Waals surface area contributed by atoms with Crippen LogP contribution in [0.15, 0.2) is 29.3 Å². The second-order valence-electron chi connectivity index (χ2n) is 5.07. The summed E-state index contributed by atoms with van der Waals surface area (Å²) in [6.45, 7) is 7.04. The van der Waals surface area contributed by atoms with Crippen molar-refractivity contribution < 1.29 is 4.79 Å². The molecule has 0 atom stereocenters. The van der Waals surface area contributed by atoms with Crippen molar-refractivity contribution in [3.05, 3.63) is 35.4 Å². The summed E-state index contributed by atoms with van der Waals surface area (Å²) in [5, 5.41) is 9.42. The summed E-state index contributed by atoms with van der Waals surface area (Å²) in [5.74, 6) is 1.82. The van der Waals surface area contributed by atoms with Crippen LogP contribution in [0.5, 0.6) is 0 Å². The van der Waals surface area contributed by atoms with Gasteiger partial charge in [-0.15, -0.1) is 0 Å². The average Bonchev–Trinajstić information content (AvgIpc) is 2.58. The van der Waals surface area contributed by atoms with Crippen LogP contribution in [0.25, 0.3) is 0 Å². The fraction of sp³-hybridized carbons (Fsp3) is 0.529. The molecule has 3 N–H and O–H groups in total. The third kappa shape index (κ3) is 7.93. The molecule has 0 spiro atoms. The molecule has 6 heteroatoms. The molecule has 0 aliphatic heterocycles. The quantitative estimate of drug-likeness (QED) is 0.368. The van der Waals surface area contributed by atoms with Gasteiger partial charge in [-0.25, -0.2) is 4.99 Å². The summed E-state index contributed by atoms with van der Waals surface area (Å²) >= 11 is 1.80. The monoisotopic (exact) mass is 336 g/mol. The summed E-state index contributed by atoms with van der Waals surface area (Å²) in [5.41, 5.74) is 1.71. The summed E-state index contributed by atoms with van der Waals surface area (Å²) in [4.78, 5) is 16.6. The number of carbonyl (C=O) groups is 1. The highest BCUT2D eigenvalue weighted by molar-refractivity contribution is 7.98. The Balaban J connectivity index is 2.66. The molecule has 0 aliphatic rings. The molecule has 0 unspecified atom stereocenters. The van der Waals surface area contributed by atoms with E-state index >= 15 is 0 Å². The van der Waals surface area contributed by atoms with Gasteiger partial charge in [-0.2, -0.15) is 11.8 Å². The zero-order valence-electron chi connectivity index (χ0n) is 14.3. The molecule has 0 heterocycles. The molecule has 5 nitrogen and oxygen atoms in total. The normalized spacial score (nSPS) is 11.2. The Hall–Kier alpha value is -1.69. The molecule has 0 saturated heterocycles. The van der Waals surface area contributed by atoms with E-state index < -0.39 is 0 Å². The third-order valence-corrected chi connectivity index (χ3v) is 3.70. The van der Waals surface area contributed by atoms with Crippen LogP contribution in [-0.4, -0.2) is 43.5 Å². The summed E-state index contributed by atoms with van der Waals surface area (Å²) < 4.78 is 0. The molecule has 1 rings (SSSR count). The number of rotatable bonds is 9. The molecule has 0 aliphatic carbocycles. The fourth-order valence-corrected chi connectivity index (χ4v) is 2.24. The molecular formula is C17H28N4OS. The van der Waals surface area contributed by atoms with Crippen molar-refractivity contribution in [1.82, 2.24) is 16.0 Å². The Morgan fingerprint density at radius 1 is 1.17 bits per heavy atom. The standard InChI is InChI=1S/C17H28N4OS/c1-4-9-19-16(22)15-8-6-7-14(12-15)13-21-17(18-5-2)20-10-11-23-3/h6-8,12H,4-5,9-11,13H2,1-3H3,(H,19,22)(H2,18,20,21). The van der Waals surface area contributed by atoms with E-state index in [1.807, 2.05) is 38.1 Å². The maximum absolute atomic E-state index is 12.0. The van der Waals surface area contributed by atoms with Gasteiger partial charge in [0.05, 0.1) is 6.54 Å². The van der Waals surface area contributed by atoms with Crippen molar-refractivity contribution in [2.45, 2.75) is 26.8 Å². The Morgan fingerprint density at radius 2 is 2.00 bits per heavy atom. The largest absolute Gasteiger partial charge is 0.357 e. The van der Waals surface area contributed by atoms with Crippen molar-refractivity contribution in [3.63, 3.8) is 0 Å². The number of hydrogen-bond acceptors (Lipinski definition) is 3. The molecule has 0 aromatic heterocycles. The van der Waals surface area contributed by atoms with Crippen molar-refractivity contribution in [3.8, 4) is 0 Å². The molecular weight excluding hydrogens is 308 g/mol. The Labute approximate surface area is 143 Å². The predicted molar refractivity (Wildman–Crippen MR) is 100 cm³/mol. The molecule has 1 amide bonds. The molecule has 0 saturated carbocycles. The zero-order chi connectivity index (χ0) is 16.9. The fourth-order valence-electron chi connectivity index (χ4n) is 1.94. The van der Waals surface area contributed by atoms with Gasteiger partial charge in [0.15, 0.2) is 5.96 Å². The Kier molecular flexibility index (Phi) is 9.95. The molecule has 0 radical (unpaired) electrons. The first kappa shape index (κ1) is 19.4. The van der Waals surface area contributed by atoms with E-state index in [9.17, 15) is 4.79 Å². The van der Waals surface area contributed by atoms with Gasteiger partial charge in [0.25, 0.3) is 5.91 Å². The first-order valence-corrected chi connectivity index (χ1v) is 9.48. The molecule has 0 fully saturated rings. The van der Waals surface area contributed by atoms with E-state index in [-0.39, 0.29) is 5.91 Å². The smallest absolute Gasteiger partial charge is 0.251 e. The molecule has 23 heavy (non-hydrogen) atoms. The van der Waals surface area contributed by atoms with E-state index in [0.29, 0.717) is 18.7 Å². The summed E-state index contributed by atoms with van der Waals surface area (Å²) in [7, 11) is 0. The van der Waals surface area contributed by atoms with Crippen LogP contribution in [0.1, 0.15) is 36.2 Å². The number of amides is 1. The van der Waals surface area contributed by atoms with Gasteiger partial charge in [-0.1, -0.05) is 19.1 Å². The number of nitrogens with zero attached hydrogens (tertiary/aromatic N) is 1. The van der Waals surface area contributed by atoms with E-state index in [0.717, 1.165) is 36.8 Å². The van der Waals surface area contributed by atoms with E-state index in [1.165, 1.54) is 0 Å². The minimum Gasteiger partial charge on any atom is -0.357 e. The zero-order valence-corrected chi connectivity index (χ0v) is 15.1. The van der Waals surface area contributed by atoms with Gasteiger partial charge >= 0.3 is 0 Å². The third-order valence-electron chi connectivity index (χ3n) is 3.09. The minimum absolute atomic E-state index is 0.0253. The van der Waals surface area contributed by atoms with Crippen LogP contribution in [-0.2, 0) is 6.54 Å². The van der Waals surface area contributed by atoms with Crippen LogP contribution in [0.2, 0.25) is 0 Å². The average molecular weight is 337 g/mol. The number of hydrogen-bond donors (Lipinski definition) is 3. The van der Waals surface area contributed by atoms with Gasteiger partial charge < -0.3 is 16.0 Å². The number of nitrogens with one attached hydrogen (secondary N) is 3. The van der Waals surface area contributed by atoms with Crippen LogP contribution < -0.4 is 16.0 Å². The highest BCUT2D eigenvalue weighted by Gasteiger charge is 2.05. The van der Waals surface area contributed by atoms with E-state index in [2.05, 4.69) is 27.2 Å². The summed E-state index contributed by atoms with van der Waals surface area (Å²) in [6, 6.07) is 7.63. The van der Waals surface area contributed by atoms with Crippen LogP contribution in [0, 0.1) is 0 Å². The maximum atomic E-state index is 12.0. The van der Waals surface area contributed by atoms with Crippen molar-refractivity contribution in [1.29, 1.82) is 0 Å². The molecule has 0 bridgehead atoms. The SMILES string of the molecule is CCCNC(=O)c1cccc(CN=C(NCC)NCCSC)c1.